The van der Waals surface area contributed by atoms with Gasteiger partial charge < -0.3 is 4.74 Å². The van der Waals surface area contributed by atoms with E-state index >= 15 is 0 Å². The van der Waals surface area contributed by atoms with Crippen LogP contribution >= 0.6 is 0 Å². The van der Waals surface area contributed by atoms with Gasteiger partial charge in [-0.3, -0.25) is 0 Å². The van der Waals surface area contributed by atoms with Crippen LogP contribution in [0, 0.1) is 6.92 Å². The standard InChI is InChI=1S/C14H14N2O2/c1-12-7-9-16(10-8-12)15-14(17)18-11-13-5-3-2-4-6-13/h2-10H,11H2,1H3/p+1. The van der Waals surface area contributed by atoms with Gasteiger partial charge in [-0.15, -0.1) is 0 Å². The lowest BCUT2D eigenvalue weighted by molar-refractivity contribution is -0.642. The van der Waals surface area contributed by atoms with Crippen molar-refractivity contribution in [1.82, 2.24) is 0 Å². The summed E-state index contributed by atoms with van der Waals surface area (Å²) in [6.45, 7) is 2.25. The van der Waals surface area contributed by atoms with Gasteiger partial charge in [-0.25, -0.2) is 4.79 Å². The van der Waals surface area contributed by atoms with E-state index in [9.17, 15) is 4.79 Å². The zero-order valence-electron chi connectivity index (χ0n) is 10.2. The van der Waals surface area contributed by atoms with E-state index in [4.69, 9.17) is 4.74 Å². The van der Waals surface area contributed by atoms with E-state index in [1.807, 2.05) is 49.4 Å². The Morgan fingerprint density at radius 1 is 1.17 bits per heavy atom. The van der Waals surface area contributed by atoms with Gasteiger partial charge in [-0.05, 0) is 18.1 Å². The molecule has 1 amide bonds. The number of nitrogens with zero attached hydrogens (tertiary/aromatic N) is 1. The number of ether oxygens (including phenoxy) is 1. The zero-order valence-corrected chi connectivity index (χ0v) is 10.2. The molecule has 0 spiro atoms. The molecule has 0 aliphatic carbocycles. The summed E-state index contributed by atoms with van der Waals surface area (Å²) in [6, 6.07) is 13.4. The van der Waals surface area contributed by atoms with E-state index in [1.54, 1.807) is 17.1 Å². The van der Waals surface area contributed by atoms with Crippen LogP contribution in [0.5, 0.6) is 0 Å². The molecule has 4 heteroatoms. The Morgan fingerprint density at radius 2 is 1.83 bits per heavy atom. The Bertz CT molecular complexity index is 509. The summed E-state index contributed by atoms with van der Waals surface area (Å²) < 4.78 is 6.65. The van der Waals surface area contributed by atoms with Gasteiger partial charge in [0.25, 0.3) is 0 Å². The van der Waals surface area contributed by atoms with Crippen LogP contribution in [-0.4, -0.2) is 6.09 Å². The normalized spacial score (nSPS) is 9.83. The minimum absolute atomic E-state index is 0.263. The highest BCUT2D eigenvalue weighted by Crippen LogP contribution is 2.00. The van der Waals surface area contributed by atoms with Crippen LogP contribution in [0.1, 0.15) is 11.1 Å². The second kappa shape index (κ2) is 5.82. The second-order valence-electron chi connectivity index (χ2n) is 3.96. The Hall–Kier alpha value is -2.36. The molecule has 1 aromatic heterocycles. The molecule has 92 valence electrons. The monoisotopic (exact) mass is 243 g/mol. The van der Waals surface area contributed by atoms with Crippen LogP contribution in [0.2, 0.25) is 0 Å². The highest BCUT2D eigenvalue weighted by Gasteiger charge is 2.08. The first-order chi connectivity index (χ1) is 8.74. The van der Waals surface area contributed by atoms with Crippen LogP contribution in [0.25, 0.3) is 0 Å². The molecule has 2 rings (SSSR count). The average Bonchev–Trinajstić information content (AvgIpc) is 2.40. The molecule has 0 aliphatic rings. The number of carbonyl (C=O) groups is 1. The summed E-state index contributed by atoms with van der Waals surface area (Å²) in [5, 5.41) is 0. The molecule has 4 nitrogen and oxygen atoms in total. The molecular formula is C14H15N2O2+. The van der Waals surface area contributed by atoms with E-state index in [2.05, 4.69) is 5.43 Å². The average molecular weight is 243 g/mol. The smallest absolute Gasteiger partial charge is 0.441 e. The highest BCUT2D eigenvalue weighted by atomic mass is 16.6. The number of nitrogens with one attached hydrogen (secondary N) is 1. The van der Waals surface area contributed by atoms with Crippen molar-refractivity contribution in [2.24, 2.45) is 0 Å². The molecule has 0 bridgehead atoms. The van der Waals surface area contributed by atoms with Gasteiger partial charge in [0.15, 0.2) is 12.4 Å². The van der Waals surface area contributed by atoms with Gasteiger partial charge in [0.1, 0.15) is 6.61 Å². The number of aryl methyl sites for hydroxylation is 1. The van der Waals surface area contributed by atoms with Gasteiger partial charge in [0, 0.05) is 12.1 Å². The Morgan fingerprint density at radius 3 is 2.50 bits per heavy atom. The van der Waals surface area contributed by atoms with E-state index in [0.717, 1.165) is 11.1 Å². The molecule has 0 radical (unpaired) electrons. The van der Waals surface area contributed by atoms with E-state index < -0.39 is 6.09 Å². The number of pyridine rings is 1. The Kier molecular flexibility index (Phi) is 3.91. The number of carbonyl (C=O) groups excluding carboxylic acids is 1. The van der Waals surface area contributed by atoms with E-state index in [-0.39, 0.29) is 6.61 Å². The van der Waals surface area contributed by atoms with Crippen molar-refractivity contribution in [3.63, 3.8) is 0 Å². The van der Waals surface area contributed by atoms with Crippen molar-refractivity contribution < 1.29 is 14.2 Å². The minimum Gasteiger partial charge on any atom is -0.441 e. The maximum absolute atomic E-state index is 11.5. The fourth-order valence-electron chi connectivity index (χ4n) is 1.44. The summed E-state index contributed by atoms with van der Waals surface area (Å²) in [7, 11) is 0. The molecule has 1 aromatic carbocycles. The topological polar surface area (TPSA) is 42.2 Å². The van der Waals surface area contributed by atoms with Crippen molar-refractivity contribution in [3.05, 3.63) is 66.0 Å². The molecule has 1 heterocycles. The lowest BCUT2D eigenvalue weighted by Crippen LogP contribution is -2.47. The first kappa shape index (κ1) is 12.1. The zero-order chi connectivity index (χ0) is 12.8. The summed E-state index contributed by atoms with van der Waals surface area (Å²) in [4.78, 5) is 11.5. The maximum Gasteiger partial charge on any atom is 0.461 e. The summed E-state index contributed by atoms with van der Waals surface area (Å²) in [5.74, 6) is 0. The van der Waals surface area contributed by atoms with Crippen molar-refractivity contribution in [2.45, 2.75) is 13.5 Å². The lowest BCUT2D eigenvalue weighted by Gasteiger charge is -2.03. The molecule has 0 unspecified atom stereocenters. The number of amides is 1. The molecule has 0 atom stereocenters. The predicted molar refractivity (Wildman–Crippen MR) is 67.4 cm³/mol. The van der Waals surface area contributed by atoms with Gasteiger partial charge in [-0.2, -0.15) is 0 Å². The first-order valence-corrected chi connectivity index (χ1v) is 5.70. The van der Waals surface area contributed by atoms with Gasteiger partial charge in [0.05, 0.1) is 0 Å². The molecule has 0 saturated heterocycles. The number of rotatable bonds is 3. The van der Waals surface area contributed by atoms with Crippen molar-refractivity contribution in [2.75, 3.05) is 5.43 Å². The molecule has 0 aliphatic heterocycles. The van der Waals surface area contributed by atoms with Crippen molar-refractivity contribution >= 4 is 6.09 Å². The SMILES string of the molecule is Cc1cc[n+](NC(=O)OCc2ccccc2)cc1. The molecule has 0 saturated carbocycles. The molecule has 18 heavy (non-hydrogen) atoms. The third kappa shape index (κ3) is 3.59. The number of hydrogen-bond acceptors (Lipinski definition) is 2. The van der Waals surface area contributed by atoms with Gasteiger partial charge >= 0.3 is 6.09 Å². The fraction of sp³-hybridized carbons (Fsp3) is 0.143. The first-order valence-electron chi connectivity index (χ1n) is 5.70. The molecule has 2 aromatic rings. The largest absolute Gasteiger partial charge is 0.461 e. The van der Waals surface area contributed by atoms with Crippen LogP contribution in [0.3, 0.4) is 0 Å². The molecule has 0 fully saturated rings. The van der Waals surface area contributed by atoms with Crippen LogP contribution in [0.4, 0.5) is 4.79 Å². The Balaban J connectivity index is 1.84. The predicted octanol–water partition coefficient (Wildman–Crippen LogP) is 2.16. The number of aromatic nitrogens is 1. The quantitative estimate of drug-likeness (QED) is 0.839. The van der Waals surface area contributed by atoms with Crippen molar-refractivity contribution in [3.8, 4) is 0 Å². The summed E-state index contributed by atoms with van der Waals surface area (Å²) in [5.41, 5.74) is 4.68. The van der Waals surface area contributed by atoms with Crippen LogP contribution < -0.4 is 10.1 Å². The fourth-order valence-corrected chi connectivity index (χ4v) is 1.44. The highest BCUT2D eigenvalue weighted by molar-refractivity contribution is 5.73. The van der Waals surface area contributed by atoms with Gasteiger partial charge in [0.2, 0.25) is 0 Å². The molecular weight excluding hydrogens is 228 g/mol. The maximum atomic E-state index is 11.5. The minimum atomic E-state index is -0.479. The number of benzene rings is 1. The molecule has 1 N–H and O–H groups in total. The summed E-state index contributed by atoms with van der Waals surface area (Å²) >= 11 is 0. The lowest BCUT2D eigenvalue weighted by atomic mass is 10.2. The third-order valence-corrected chi connectivity index (χ3v) is 2.43. The number of hydrogen-bond donors (Lipinski definition) is 1. The van der Waals surface area contributed by atoms with Crippen LogP contribution in [-0.2, 0) is 11.3 Å². The van der Waals surface area contributed by atoms with Crippen LogP contribution in [0.15, 0.2) is 54.9 Å². The van der Waals surface area contributed by atoms with E-state index in [1.165, 1.54) is 0 Å². The third-order valence-electron chi connectivity index (χ3n) is 2.43. The van der Waals surface area contributed by atoms with E-state index in [0.29, 0.717) is 0 Å². The van der Waals surface area contributed by atoms with Crippen molar-refractivity contribution in [1.29, 1.82) is 0 Å². The second-order valence-corrected chi connectivity index (χ2v) is 3.96. The van der Waals surface area contributed by atoms with Gasteiger partial charge in [-0.1, -0.05) is 40.4 Å². The Labute approximate surface area is 106 Å². The summed E-state index contributed by atoms with van der Waals surface area (Å²) in [6.07, 6.45) is 3.05.